The van der Waals surface area contributed by atoms with Crippen LogP contribution in [0.2, 0.25) is 0 Å². The summed E-state index contributed by atoms with van der Waals surface area (Å²) in [7, 11) is 0. The van der Waals surface area contributed by atoms with Crippen molar-refractivity contribution in [3.05, 3.63) is 123 Å². The fourth-order valence-electron chi connectivity index (χ4n) is 4.19. The number of ether oxygens (including phenoxy) is 2. The second-order valence-corrected chi connectivity index (χ2v) is 8.13. The molecule has 5 rings (SSSR count). The Morgan fingerprint density at radius 3 is 2.44 bits per heavy atom. The standard InChI is InChI=1S/C27H18F3NO5/c28-27(29,30)17-10-6-9-16(13-17)20-21-23(18-11-4-5-12-19(18)35-26(21)33)36-24(31)22(20)25(32)34-14-15-7-2-1-3-8-15/h1-13,20H,14,31H2/t20-/m1/s1. The van der Waals surface area contributed by atoms with Crippen LogP contribution in [0.3, 0.4) is 0 Å². The van der Waals surface area contributed by atoms with Crippen LogP contribution in [-0.4, -0.2) is 5.97 Å². The quantitative estimate of drug-likeness (QED) is 0.309. The van der Waals surface area contributed by atoms with Crippen LogP contribution >= 0.6 is 0 Å². The Bertz CT molecular complexity index is 1560. The first kappa shape index (κ1) is 23.2. The molecule has 182 valence electrons. The number of para-hydroxylation sites is 1. The summed E-state index contributed by atoms with van der Waals surface area (Å²) < 4.78 is 57.2. The molecule has 6 nitrogen and oxygen atoms in total. The van der Waals surface area contributed by atoms with Gasteiger partial charge in [0.05, 0.1) is 22.4 Å². The molecule has 1 atom stereocenters. The second-order valence-electron chi connectivity index (χ2n) is 8.13. The summed E-state index contributed by atoms with van der Waals surface area (Å²) >= 11 is 0. The number of hydrogen-bond donors (Lipinski definition) is 1. The Balaban J connectivity index is 1.68. The molecule has 4 aromatic rings. The Labute approximate surface area is 202 Å². The van der Waals surface area contributed by atoms with Gasteiger partial charge in [-0.25, -0.2) is 9.59 Å². The number of halogens is 3. The molecule has 3 aromatic carbocycles. The normalized spacial score (nSPS) is 15.4. The van der Waals surface area contributed by atoms with Gasteiger partial charge in [0, 0.05) is 0 Å². The average Bonchev–Trinajstić information content (AvgIpc) is 2.87. The molecule has 9 heteroatoms. The lowest BCUT2D eigenvalue weighted by Crippen LogP contribution is -2.31. The van der Waals surface area contributed by atoms with Crippen LogP contribution in [0.25, 0.3) is 11.0 Å². The zero-order chi connectivity index (χ0) is 25.4. The number of rotatable bonds is 4. The van der Waals surface area contributed by atoms with E-state index in [2.05, 4.69) is 0 Å². The third-order valence-electron chi connectivity index (χ3n) is 5.83. The Morgan fingerprint density at radius 2 is 1.69 bits per heavy atom. The average molecular weight is 493 g/mol. The van der Waals surface area contributed by atoms with Crippen molar-refractivity contribution >= 4 is 16.9 Å². The van der Waals surface area contributed by atoms with Gasteiger partial charge in [-0.15, -0.1) is 0 Å². The van der Waals surface area contributed by atoms with Crippen LogP contribution in [0.4, 0.5) is 13.2 Å². The van der Waals surface area contributed by atoms with Gasteiger partial charge in [-0.05, 0) is 29.3 Å². The SMILES string of the molecule is NC1=C(C(=O)OCc2ccccc2)[C@H](c2cccc(C(F)(F)F)c2)c2c(c3ccccc3oc2=O)O1. The molecule has 1 aromatic heterocycles. The summed E-state index contributed by atoms with van der Waals surface area (Å²) in [6.45, 7) is -0.120. The molecule has 0 bridgehead atoms. The Morgan fingerprint density at radius 1 is 0.972 bits per heavy atom. The van der Waals surface area contributed by atoms with E-state index < -0.39 is 29.3 Å². The summed E-state index contributed by atoms with van der Waals surface area (Å²) in [6, 6.07) is 19.6. The van der Waals surface area contributed by atoms with Gasteiger partial charge in [-0.2, -0.15) is 13.2 Å². The maximum Gasteiger partial charge on any atom is 0.416 e. The summed E-state index contributed by atoms with van der Waals surface area (Å²) in [4.78, 5) is 26.4. The maximum atomic E-state index is 13.5. The predicted molar refractivity (Wildman–Crippen MR) is 124 cm³/mol. The minimum absolute atomic E-state index is 0.00608. The van der Waals surface area contributed by atoms with E-state index in [4.69, 9.17) is 19.6 Å². The number of carbonyl (C=O) groups excluding carboxylic acids is 1. The molecule has 2 heterocycles. The molecule has 2 N–H and O–H groups in total. The Hall–Kier alpha value is -4.53. The van der Waals surface area contributed by atoms with Gasteiger partial charge < -0.3 is 19.6 Å². The number of hydrogen-bond acceptors (Lipinski definition) is 6. The molecule has 1 aliphatic rings. The van der Waals surface area contributed by atoms with Crippen molar-refractivity contribution < 1.29 is 31.9 Å². The first-order valence-corrected chi connectivity index (χ1v) is 10.9. The second kappa shape index (κ2) is 8.92. The zero-order valence-corrected chi connectivity index (χ0v) is 18.5. The van der Waals surface area contributed by atoms with E-state index in [1.54, 1.807) is 54.6 Å². The van der Waals surface area contributed by atoms with Crippen molar-refractivity contribution in [1.82, 2.24) is 0 Å². The molecule has 0 saturated carbocycles. The fourth-order valence-corrected chi connectivity index (χ4v) is 4.19. The van der Waals surface area contributed by atoms with Crippen LogP contribution in [0.5, 0.6) is 5.75 Å². The lowest BCUT2D eigenvalue weighted by molar-refractivity contribution is -0.140. The highest BCUT2D eigenvalue weighted by Gasteiger charge is 2.40. The van der Waals surface area contributed by atoms with Gasteiger partial charge in [-0.1, -0.05) is 60.7 Å². The topological polar surface area (TPSA) is 91.8 Å². The van der Waals surface area contributed by atoms with Gasteiger partial charge in [0.25, 0.3) is 0 Å². The molecule has 0 radical (unpaired) electrons. The van der Waals surface area contributed by atoms with Crippen LogP contribution in [0.15, 0.2) is 99.5 Å². The van der Waals surface area contributed by atoms with Gasteiger partial charge in [0.2, 0.25) is 5.88 Å². The maximum absolute atomic E-state index is 13.5. The molecular formula is C27H18F3NO5. The third-order valence-corrected chi connectivity index (χ3v) is 5.83. The van der Waals surface area contributed by atoms with E-state index in [9.17, 15) is 22.8 Å². The predicted octanol–water partition coefficient (Wildman–Crippen LogP) is 5.25. The number of benzene rings is 3. The molecule has 0 unspecified atom stereocenters. The smallest absolute Gasteiger partial charge is 0.416 e. The zero-order valence-electron chi connectivity index (χ0n) is 18.5. The van der Waals surface area contributed by atoms with Gasteiger partial charge >= 0.3 is 17.8 Å². The van der Waals surface area contributed by atoms with Crippen LogP contribution < -0.4 is 16.1 Å². The van der Waals surface area contributed by atoms with Crippen LogP contribution in [0.1, 0.15) is 28.2 Å². The van der Waals surface area contributed by atoms with E-state index in [-0.39, 0.29) is 40.5 Å². The number of alkyl halides is 3. The van der Waals surface area contributed by atoms with Crippen molar-refractivity contribution in [2.75, 3.05) is 0 Å². The van der Waals surface area contributed by atoms with Crippen LogP contribution in [-0.2, 0) is 22.3 Å². The van der Waals surface area contributed by atoms with Crippen molar-refractivity contribution in [2.24, 2.45) is 5.73 Å². The highest BCUT2D eigenvalue weighted by molar-refractivity contribution is 5.94. The molecule has 0 aliphatic carbocycles. The van der Waals surface area contributed by atoms with Gasteiger partial charge in [0.1, 0.15) is 17.8 Å². The summed E-state index contributed by atoms with van der Waals surface area (Å²) in [5.41, 5.74) is 4.79. The van der Waals surface area contributed by atoms with Crippen LogP contribution in [0, 0.1) is 0 Å². The van der Waals surface area contributed by atoms with E-state index >= 15 is 0 Å². The fraction of sp³-hybridized carbons (Fsp3) is 0.111. The van der Waals surface area contributed by atoms with Crippen molar-refractivity contribution in [3.8, 4) is 5.75 Å². The third kappa shape index (κ3) is 4.19. The highest BCUT2D eigenvalue weighted by atomic mass is 19.4. The van der Waals surface area contributed by atoms with E-state index in [0.717, 1.165) is 12.1 Å². The molecule has 1 aliphatic heterocycles. The van der Waals surface area contributed by atoms with Crippen molar-refractivity contribution in [1.29, 1.82) is 0 Å². The molecule has 0 saturated heterocycles. The summed E-state index contributed by atoms with van der Waals surface area (Å²) in [6.07, 6.45) is -4.65. The molecule has 0 fully saturated rings. The minimum atomic E-state index is -4.65. The lowest BCUT2D eigenvalue weighted by atomic mass is 9.82. The highest BCUT2D eigenvalue weighted by Crippen LogP contribution is 2.45. The Kier molecular flexibility index (Phi) is 5.75. The van der Waals surface area contributed by atoms with E-state index in [1.807, 2.05) is 0 Å². The number of fused-ring (bicyclic) bond motifs is 3. The van der Waals surface area contributed by atoms with Gasteiger partial charge in [0.15, 0.2) is 5.75 Å². The lowest BCUT2D eigenvalue weighted by Gasteiger charge is -2.28. The van der Waals surface area contributed by atoms with Crippen molar-refractivity contribution in [2.45, 2.75) is 18.7 Å². The van der Waals surface area contributed by atoms with Gasteiger partial charge in [-0.3, -0.25) is 0 Å². The molecule has 0 spiro atoms. The molecule has 0 amide bonds. The van der Waals surface area contributed by atoms with E-state index in [0.29, 0.717) is 10.9 Å². The summed E-state index contributed by atoms with van der Waals surface area (Å²) in [5, 5.41) is 0.378. The number of esters is 1. The summed E-state index contributed by atoms with van der Waals surface area (Å²) in [5.74, 6) is -2.61. The monoisotopic (exact) mass is 493 g/mol. The number of carbonyl (C=O) groups is 1. The number of nitrogens with two attached hydrogens (primary N) is 1. The van der Waals surface area contributed by atoms with E-state index in [1.165, 1.54) is 12.1 Å². The largest absolute Gasteiger partial charge is 0.457 e. The first-order chi connectivity index (χ1) is 17.2. The molecule has 36 heavy (non-hydrogen) atoms. The van der Waals surface area contributed by atoms with Crippen molar-refractivity contribution in [3.63, 3.8) is 0 Å². The minimum Gasteiger partial charge on any atom is -0.457 e. The molecular weight excluding hydrogens is 475 g/mol. The first-order valence-electron chi connectivity index (χ1n) is 10.9.